The summed E-state index contributed by atoms with van der Waals surface area (Å²) in [7, 11) is 0. The molecule has 0 saturated carbocycles. The Balaban J connectivity index is 2.29. The number of rotatable bonds is 4. The van der Waals surface area contributed by atoms with Crippen molar-refractivity contribution < 1.29 is 17.9 Å². The number of nitrogens with zero attached hydrogens (tertiary/aromatic N) is 2. The number of nitrogens with one attached hydrogen (secondary N) is 1. The third-order valence-electron chi connectivity index (χ3n) is 3.67. The monoisotopic (exact) mass is 304 g/mol. The van der Waals surface area contributed by atoms with Gasteiger partial charge in [0.05, 0.1) is 24.3 Å². The Morgan fingerprint density at radius 1 is 1.57 bits per heavy atom. The molecule has 1 aromatic heterocycles. The zero-order valence-electron chi connectivity index (χ0n) is 11.7. The minimum Gasteiger partial charge on any atom is -0.374 e. The van der Waals surface area contributed by atoms with Crippen molar-refractivity contribution in [2.75, 3.05) is 26.2 Å². The third kappa shape index (κ3) is 3.70. The van der Waals surface area contributed by atoms with Crippen molar-refractivity contribution >= 4 is 0 Å². The summed E-state index contributed by atoms with van der Waals surface area (Å²) in [5.41, 5.74) is 1.72. The van der Waals surface area contributed by atoms with Crippen molar-refractivity contribution in [1.29, 1.82) is 0 Å². The first kappa shape index (κ1) is 16.2. The van der Waals surface area contributed by atoms with E-state index in [-0.39, 0.29) is 5.56 Å². The Morgan fingerprint density at radius 2 is 2.33 bits per heavy atom. The summed E-state index contributed by atoms with van der Waals surface area (Å²) in [5, 5.41) is 0. The van der Waals surface area contributed by atoms with Crippen molar-refractivity contribution in [3.63, 3.8) is 0 Å². The number of aromatic nitrogens is 1. The first-order valence-electron chi connectivity index (χ1n) is 6.78. The molecule has 1 saturated heterocycles. The van der Waals surface area contributed by atoms with Gasteiger partial charge < -0.3 is 4.74 Å². The van der Waals surface area contributed by atoms with Gasteiger partial charge in [0.25, 0.3) is 0 Å². The molecule has 118 valence electrons. The molecular formula is C13H19F3N4O. The van der Waals surface area contributed by atoms with E-state index in [0.717, 1.165) is 25.4 Å². The lowest BCUT2D eigenvalue weighted by Crippen LogP contribution is -2.49. The largest absolute Gasteiger partial charge is 0.416 e. The predicted octanol–water partition coefficient (Wildman–Crippen LogP) is 1.33. The van der Waals surface area contributed by atoms with Crippen LogP contribution in [0.5, 0.6) is 0 Å². The van der Waals surface area contributed by atoms with Crippen LogP contribution >= 0.6 is 0 Å². The van der Waals surface area contributed by atoms with Gasteiger partial charge in [-0.3, -0.25) is 21.2 Å². The topological polar surface area (TPSA) is 63.4 Å². The Morgan fingerprint density at radius 3 is 2.95 bits per heavy atom. The van der Waals surface area contributed by atoms with Crippen molar-refractivity contribution in [2.45, 2.75) is 25.2 Å². The lowest BCUT2D eigenvalue weighted by molar-refractivity contribution is -0.139. The smallest absolute Gasteiger partial charge is 0.374 e. The maximum Gasteiger partial charge on any atom is 0.416 e. The van der Waals surface area contributed by atoms with E-state index in [1.165, 1.54) is 6.20 Å². The molecule has 0 aliphatic carbocycles. The highest BCUT2D eigenvalue weighted by Gasteiger charge is 2.38. The molecule has 21 heavy (non-hydrogen) atoms. The lowest BCUT2D eigenvalue weighted by atomic mass is 9.97. The molecule has 8 heteroatoms. The Bertz CT molecular complexity index is 469. The Kier molecular flexibility index (Phi) is 5.15. The van der Waals surface area contributed by atoms with Crippen LogP contribution in [0.25, 0.3) is 0 Å². The zero-order chi connectivity index (χ0) is 15.5. The number of nitrogens with two attached hydrogens (primary N) is 1. The molecule has 3 N–H and O–H groups in total. The van der Waals surface area contributed by atoms with Crippen LogP contribution < -0.4 is 11.3 Å². The molecule has 2 unspecified atom stereocenters. The second-order valence-corrected chi connectivity index (χ2v) is 4.91. The summed E-state index contributed by atoms with van der Waals surface area (Å²) in [6.45, 7) is 4.58. The first-order chi connectivity index (χ1) is 9.97. The van der Waals surface area contributed by atoms with Gasteiger partial charge in [-0.1, -0.05) is 6.92 Å². The molecule has 1 aliphatic rings. The first-order valence-corrected chi connectivity index (χ1v) is 6.78. The summed E-state index contributed by atoms with van der Waals surface area (Å²) in [6, 6.07) is 0.199. The number of halogens is 3. The van der Waals surface area contributed by atoms with Gasteiger partial charge in [-0.2, -0.15) is 13.2 Å². The molecule has 0 amide bonds. The van der Waals surface area contributed by atoms with Gasteiger partial charge in [-0.15, -0.1) is 0 Å². The second kappa shape index (κ2) is 6.69. The highest BCUT2D eigenvalue weighted by molar-refractivity contribution is 5.30. The molecule has 5 nitrogen and oxygen atoms in total. The molecular weight excluding hydrogens is 285 g/mol. The van der Waals surface area contributed by atoms with E-state index in [2.05, 4.69) is 15.3 Å². The summed E-state index contributed by atoms with van der Waals surface area (Å²) >= 11 is 0. The fourth-order valence-electron chi connectivity index (χ4n) is 2.53. The van der Waals surface area contributed by atoms with Crippen molar-refractivity contribution in [3.8, 4) is 0 Å². The molecule has 0 bridgehead atoms. The maximum absolute atomic E-state index is 13.1. The van der Waals surface area contributed by atoms with Gasteiger partial charge in [-0.25, -0.2) is 0 Å². The molecule has 2 atom stereocenters. The Hall–Kier alpha value is -1.22. The SMILES string of the molecule is CCN1CCOC(C(NN)c2cnccc2C(F)(F)F)C1. The number of hydrogen-bond acceptors (Lipinski definition) is 5. The highest BCUT2D eigenvalue weighted by Crippen LogP contribution is 2.35. The number of alkyl halides is 3. The predicted molar refractivity (Wildman–Crippen MR) is 71.2 cm³/mol. The van der Waals surface area contributed by atoms with Crippen LogP contribution in [0, 0.1) is 0 Å². The van der Waals surface area contributed by atoms with Gasteiger partial charge in [0, 0.05) is 31.0 Å². The lowest BCUT2D eigenvalue weighted by Gasteiger charge is -2.36. The van der Waals surface area contributed by atoms with Crippen LogP contribution in [0.3, 0.4) is 0 Å². The summed E-state index contributed by atoms with van der Waals surface area (Å²) in [6.07, 6.45) is -2.58. The summed E-state index contributed by atoms with van der Waals surface area (Å²) < 4.78 is 44.9. The van der Waals surface area contributed by atoms with Crippen LogP contribution in [0.1, 0.15) is 24.1 Å². The minimum atomic E-state index is -4.45. The number of hydrazine groups is 1. The number of likely N-dealkylation sites (N-methyl/N-ethyl adjacent to an activating group) is 1. The van der Waals surface area contributed by atoms with Gasteiger partial charge >= 0.3 is 6.18 Å². The molecule has 2 rings (SSSR count). The van der Waals surface area contributed by atoms with E-state index in [1.54, 1.807) is 0 Å². The van der Waals surface area contributed by atoms with Gasteiger partial charge in [0.15, 0.2) is 0 Å². The molecule has 0 aromatic carbocycles. The average molecular weight is 304 g/mol. The standard InChI is InChI=1S/C13H19F3N4O/c1-2-20-5-6-21-11(8-20)12(19-17)9-7-18-4-3-10(9)13(14,15)16/h3-4,7,11-12,19H,2,5-6,8,17H2,1H3. The van der Waals surface area contributed by atoms with Crippen molar-refractivity contribution in [1.82, 2.24) is 15.3 Å². The molecule has 1 aromatic rings. The van der Waals surface area contributed by atoms with Crippen molar-refractivity contribution in [2.24, 2.45) is 5.84 Å². The van der Waals surface area contributed by atoms with Crippen LogP contribution in [-0.4, -0.2) is 42.2 Å². The number of pyridine rings is 1. The Labute approximate surface area is 121 Å². The zero-order valence-corrected chi connectivity index (χ0v) is 11.7. The molecule has 1 aliphatic heterocycles. The van der Waals surface area contributed by atoms with E-state index in [4.69, 9.17) is 10.6 Å². The van der Waals surface area contributed by atoms with E-state index >= 15 is 0 Å². The van der Waals surface area contributed by atoms with Gasteiger partial charge in [0.2, 0.25) is 0 Å². The summed E-state index contributed by atoms with van der Waals surface area (Å²) in [5.74, 6) is 5.49. The molecule has 0 radical (unpaired) electrons. The number of ether oxygens (including phenoxy) is 1. The van der Waals surface area contributed by atoms with Crippen LogP contribution in [-0.2, 0) is 10.9 Å². The average Bonchev–Trinajstić information content (AvgIpc) is 2.48. The van der Waals surface area contributed by atoms with E-state index in [1.807, 2.05) is 6.92 Å². The maximum atomic E-state index is 13.1. The van der Waals surface area contributed by atoms with Crippen molar-refractivity contribution in [3.05, 3.63) is 29.6 Å². The van der Waals surface area contributed by atoms with Crippen LogP contribution in [0.15, 0.2) is 18.5 Å². The van der Waals surface area contributed by atoms with Gasteiger partial charge in [0.1, 0.15) is 0 Å². The fraction of sp³-hybridized carbons (Fsp3) is 0.615. The normalized spacial score (nSPS) is 22.2. The van der Waals surface area contributed by atoms with Gasteiger partial charge in [-0.05, 0) is 12.6 Å². The molecule has 0 spiro atoms. The third-order valence-corrected chi connectivity index (χ3v) is 3.67. The van der Waals surface area contributed by atoms with Crippen LogP contribution in [0.2, 0.25) is 0 Å². The van der Waals surface area contributed by atoms with E-state index in [0.29, 0.717) is 13.2 Å². The highest BCUT2D eigenvalue weighted by atomic mass is 19.4. The summed E-state index contributed by atoms with van der Waals surface area (Å²) in [4.78, 5) is 5.91. The second-order valence-electron chi connectivity index (χ2n) is 4.91. The number of hydrogen-bond donors (Lipinski definition) is 2. The van der Waals surface area contributed by atoms with E-state index < -0.39 is 23.9 Å². The quantitative estimate of drug-likeness (QED) is 0.649. The number of morpholine rings is 1. The van der Waals surface area contributed by atoms with Crippen LogP contribution in [0.4, 0.5) is 13.2 Å². The molecule has 1 fully saturated rings. The minimum absolute atomic E-state index is 0.00968. The molecule has 2 heterocycles. The fourth-order valence-corrected chi connectivity index (χ4v) is 2.53. The van der Waals surface area contributed by atoms with E-state index in [9.17, 15) is 13.2 Å².